The summed E-state index contributed by atoms with van der Waals surface area (Å²) in [5.41, 5.74) is 4.96. The Labute approximate surface area is 180 Å². The SMILES string of the molecule is CCOC(=O)[C@@]1(C#N)[C@H](c2ccc(OCC)cc2)[C@H](C(N)=O)N2C=C(C(C)=O)C=C[C@H]21. The highest BCUT2D eigenvalue weighted by molar-refractivity contribution is 5.97. The zero-order valence-electron chi connectivity index (χ0n) is 17.7. The van der Waals surface area contributed by atoms with Gasteiger partial charge in [-0.15, -0.1) is 0 Å². The van der Waals surface area contributed by atoms with Crippen molar-refractivity contribution in [3.05, 3.63) is 53.8 Å². The molecule has 0 spiro atoms. The average molecular weight is 423 g/mol. The number of primary amides is 1. The zero-order chi connectivity index (χ0) is 22.8. The third-order valence-corrected chi connectivity index (χ3v) is 5.71. The van der Waals surface area contributed by atoms with Crippen LogP contribution in [-0.2, 0) is 19.1 Å². The van der Waals surface area contributed by atoms with Gasteiger partial charge in [0.25, 0.3) is 0 Å². The molecule has 0 radical (unpaired) electrons. The van der Waals surface area contributed by atoms with Crippen molar-refractivity contribution in [3.63, 3.8) is 0 Å². The minimum absolute atomic E-state index is 0.0739. The van der Waals surface area contributed by atoms with Crippen LogP contribution < -0.4 is 10.5 Å². The van der Waals surface area contributed by atoms with Gasteiger partial charge in [-0.05, 0) is 38.5 Å². The van der Waals surface area contributed by atoms with E-state index in [-0.39, 0.29) is 12.4 Å². The van der Waals surface area contributed by atoms with E-state index in [2.05, 4.69) is 6.07 Å². The van der Waals surface area contributed by atoms with Crippen molar-refractivity contribution in [1.29, 1.82) is 5.26 Å². The third-order valence-electron chi connectivity index (χ3n) is 5.71. The number of nitrogens with two attached hydrogens (primary N) is 1. The maximum Gasteiger partial charge on any atom is 0.329 e. The fourth-order valence-corrected chi connectivity index (χ4v) is 4.41. The molecular weight excluding hydrogens is 398 g/mol. The molecule has 2 aliphatic heterocycles. The van der Waals surface area contributed by atoms with E-state index in [1.807, 2.05) is 6.92 Å². The number of rotatable bonds is 7. The summed E-state index contributed by atoms with van der Waals surface area (Å²) >= 11 is 0. The summed E-state index contributed by atoms with van der Waals surface area (Å²) in [7, 11) is 0. The van der Waals surface area contributed by atoms with Gasteiger partial charge in [-0.3, -0.25) is 14.4 Å². The van der Waals surface area contributed by atoms with Gasteiger partial charge in [0, 0.05) is 17.7 Å². The van der Waals surface area contributed by atoms with E-state index in [1.165, 1.54) is 13.1 Å². The van der Waals surface area contributed by atoms with Crippen LogP contribution in [0.5, 0.6) is 5.75 Å². The molecule has 3 rings (SSSR count). The van der Waals surface area contributed by atoms with Crippen molar-refractivity contribution in [3.8, 4) is 11.8 Å². The van der Waals surface area contributed by atoms with E-state index in [9.17, 15) is 19.6 Å². The van der Waals surface area contributed by atoms with Crippen molar-refractivity contribution in [2.75, 3.05) is 13.2 Å². The summed E-state index contributed by atoms with van der Waals surface area (Å²) in [6.07, 6.45) is 4.66. The van der Waals surface area contributed by atoms with E-state index < -0.39 is 35.3 Å². The van der Waals surface area contributed by atoms with Gasteiger partial charge in [0.1, 0.15) is 11.8 Å². The molecule has 1 saturated heterocycles. The van der Waals surface area contributed by atoms with Crippen LogP contribution in [0.25, 0.3) is 0 Å². The molecule has 0 saturated carbocycles. The molecule has 8 nitrogen and oxygen atoms in total. The number of Topliss-reactive ketones (excluding diaryl/α,β-unsaturated/α-hetero) is 1. The number of nitrogens with zero attached hydrogens (tertiary/aromatic N) is 2. The molecule has 0 unspecified atom stereocenters. The van der Waals surface area contributed by atoms with Gasteiger partial charge in [-0.2, -0.15) is 5.26 Å². The maximum absolute atomic E-state index is 13.2. The number of ketones is 1. The van der Waals surface area contributed by atoms with Crippen LogP contribution in [0.2, 0.25) is 0 Å². The number of hydrogen-bond acceptors (Lipinski definition) is 7. The first-order valence-corrected chi connectivity index (χ1v) is 10.1. The number of esters is 1. The lowest BCUT2D eigenvalue weighted by atomic mass is 9.68. The molecule has 0 bridgehead atoms. The molecule has 2 N–H and O–H groups in total. The number of ether oxygens (including phenoxy) is 2. The minimum atomic E-state index is -1.74. The second kappa shape index (κ2) is 8.64. The molecule has 4 atom stereocenters. The zero-order valence-corrected chi connectivity index (χ0v) is 17.7. The monoisotopic (exact) mass is 423 g/mol. The first-order valence-electron chi connectivity index (χ1n) is 10.1. The van der Waals surface area contributed by atoms with Crippen LogP contribution in [0.1, 0.15) is 32.3 Å². The Morgan fingerprint density at radius 2 is 1.87 bits per heavy atom. The number of amides is 1. The normalized spacial score (nSPS) is 26.5. The van der Waals surface area contributed by atoms with Gasteiger partial charge in [0.2, 0.25) is 5.91 Å². The largest absolute Gasteiger partial charge is 0.494 e. The highest BCUT2D eigenvalue weighted by atomic mass is 16.5. The van der Waals surface area contributed by atoms with Crippen LogP contribution in [0, 0.1) is 16.7 Å². The van der Waals surface area contributed by atoms with Gasteiger partial charge < -0.3 is 20.1 Å². The van der Waals surface area contributed by atoms with Gasteiger partial charge in [-0.25, -0.2) is 0 Å². The third kappa shape index (κ3) is 3.56. The predicted octanol–water partition coefficient (Wildman–Crippen LogP) is 1.82. The second-order valence-corrected chi connectivity index (χ2v) is 7.42. The molecule has 0 aliphatic carbocycles. The van der Waals surface area contributed by atoms with E-state index in [1.54, 1.807) is 48.2 Å². The molecule has 162 valence electrons. The minimum Gasteiger partial charge on any atom is -0.494 e. The summed E-state index contributed by atoms with van der Waals surface area (Å²) in [6, 6.07) is 7.16. The van der Waals surface area contributed by atoms with Gasteiger partial charge in [-0.1, -0.05) is 24.3 Å². The lowest BCUT2D eigenvalue weighted by Gasteiger charge is -2.32. The first-order chi connectivity index (χ1) is 14.8. The highest BCUT2D eigenvalue weighted by Gasteiger charge is 2.66. The van der Waals surface area contributed by atoms with Crippen LogP contribution in [0.3, 0.4) is 0 Å². The highest BCUT2D eigenvalue weighted by Crippen LogP contribution is 2.53. The fourth-order valence-electron chi connectivity index (χ4n) is 4.41. The average Bonchev–Trinajstić information content (AvgIpc) is 3.05. The summed E-state index contributed by atoms with van der Waals surface area (Å²) in [4.78, 5) is 39.3. The van der Waals surface area contributed by atoms with Crippen molar-refractivity contribution in [1.82, 2.24) is 4.90 Å². The lowest BCUT2D eigenvalue weighted by Crippen LogP contribution is -2.45. The number of fused-ring (bicyclic) bond motifs is 1. The van der Waals surface area contributed by atoms with E-state index in [4.69, 9.17) is 15.2 Å². The number of benzene rings is 1. The summed E-state index contributed by atoms with van der Waals surface area (Å²) in [5.74, 6) is -1.95. The van der Waals surface area contributed by atoms with Crippen LogP contribution in [-0.4, -0.2) is 47.9 Å². The second-order valence-electron chi connectivity index (χ2n) is 7.42. The van der Waals surface area contributed by atoms with Crippen LogP contribution in [0.15, 0.2) is 48.2 Å². The number of allylic oxidation sites excluding steroid dienone is 2. The number of nitriles is 1. The maximum atomic E-state index is 13.2. The Balaban J connectivity index is 2.23. The number of carbonyl (C=O) groups excluding carboxylic acids is 3. The summed E-state index contributed by atoms with van der Waals surface area (Å²) < 4.78 is 10.8. The Kier molecular flexibility index (Phi) is 6.16. The van der Waals surface area contributed by atoms with Crippen LogP contribution in [0.4, 0.5) is 0 Å². The Morgan fingerprint density at radius 1 is 1.19 bits per heavy atom. The molecule has 2 heterocycles. The van der Waals surface area contributed by atoms with Crippen LogP contribution >= 0.6 is 0 Å². The molecule has 2 aliphatic rings. The Hall–Kier alpha value is -3.60. The summed E-state index contributed by atoms with van der Waals surface area (Å²) in [5, 5.41) is 10.3. The number of carbonyl (C=O) groups is 3. The van der Waals surface area contributed by atoms with Crippen molar-refractivity contribution >= 4 is 17.7 Å². The first kappa shape index (κ1) is 22.1. The molecular formula is C23H25N3O5. The molecule has 1 aromatic rings. The summed E-state index contributed by atoms with van der Waals surface area (Å²) in [6.45, 7) is 5.47. The number of hydrogen-bond donors (Lipinski definition) is 1. The predicted molar refractivity (Wildman–Crippen MR) is 112 cm³/mol. The molecule has 1 amide bonds. The molecule has 8 heteroatoms. The Morgan fingerprint density at radius 3 is 2.39 bits per heavy atom. The van der Waals surface area contributed by atoms with Crippen molar-refractivity contribution in [2.24, 2.45) is 11.1 Å². The molecule has 1 fully saturated rings. The lowest BCUT2D eigenvalue weighted by molar-refractivity contribution is -0.153. The van der Waals surface area contributed by atoms with Gasteiger partial charge in [0.15, 0.2) is 11.2 Å². The van der Waals surface area contributed by atoms with Gasteiger partial charge in [0.05, 0.1) is 25.3 Å². The standard InChI is InChI=1S/C23H25N3O5/c1-4-30-17-9-6-15(7-10-17)19-20(21(25)28)26-12-16(14(3)27)8-11-18(26)23(19,13-24)22(29)31-5-2/h6-12,18-20H,4-5H2,1-3H3,(H2,25,28)/t18-,19+,20+,23+/m0/s1. The fraction of sp³-hybridized carbons (Fsp3) is 0.391. The smallest absolute Gasteiger partial charge is 0.329 e. The molecule has 31 heavy (non-hydrogen) atoms. The van der Waals surface area contributed by atoms with E-state index in [0.717, 1.165) is 0 Å². The topological polar surface area (TPSA) is 123 Å². The molecule has 1 aromatic carbocycles. The van der Waals surface area contributed by atoms with Crippen molar-refractivity contribution in [2.45, 2.75) is 38.8 Å². The quantitative estimate of drug-likeness (QED) is 0.664. The van der Waals surface area contributed by atoms with E-state index >= 15 is 0 Å². The van der Waals surface area contributed by atoms with E-state index in [0.29, 0.717) is 23.5 Å². The van der Waals surface area contributed by atoms with Gasteiger partial charge >= 0.3 is 5.97 Å². The van der Waals surface area contributed by atoms with Crippen molar-refractivity contribution < 1.29 is 23.9 Å². The molecule has 0 aromatic heterocycles. The Bertz CT molecular complexity index is 991.